The van der Waals surface area contributed by atoms with Gasteiger partial charge in [-0.25, -0.2) is 0 Å². The molecule has 1 saturated carbocycles. The standard InChI is InChI=1S/C17H22O3.C9H17NO3/c1-12-15(17(20)11-16(12)19)10-9-14(18)8-7-13-5-3-2-4-6-13;1-2-3-4-5-9(13)10-8(6-11)7-12/h2-6,9-10,12,14-15,17-18,20H,7-8,11H2,1H3;2,8,11-12H,1,3-7H2,(H,10,13)/b10-9+;/t12-,14+,15-,17-;/m1./s1. The number of carbonyl (C=O) groups is 2. The Morgan fingerprint density at radius 2 is 1.91 bits per heavy atom. The van der Waals surface area contributed by atoms with Crippen molar-refractivity contribution in [3.05, 3.63) is 60.7 Å². The fraction of sp³-hybridized carbons (Fsp3) is 0.538. The van der Waals surface area contributed by atoms with E-state index in [1.165, 1.54) is 5.56 Å². The van der Waals surface area contributed by atoms with Crippen LogP contribution in [0.5, 0.6) is 0 Å². The number of rotatable bonds is 12. The second-order valence-electron chi connectivity index (χ2n) is 8.39. The van der Waals surface area contributed by atoms with Crippen LogP contribution < -0.4 is 5.32 Å². The summed E-state index contributed by atoms with van der Waals surface area (Å²) in [5.74, 6) is -0.350. The zero-order chi connectivity index (χ0) is 24.6. The van der Waals surface area contributed by atoms with E-state index < -0.39 is 18.2 Å². The molecular formula is C26H39NO6. The van der Waals surface area contributed by atoms with Gasteiger partial charge in [-0.3, -0.25) is 9.59 Å². The predicted octanol–water partition coefficient (Wildman–Crippen LogP) is 1.93. The van der Waals surface area contributed by atoms with Crippen LogP contribution in [0.4, 0.5) is 0 Å². The summed E-state index contributed by atoms with van der Waals surface area (Å²) < 4.78 is 0. The lowest BCUT2D eigenvalue weighted by atomic mass is 9.95. The summed E-state index contributed by atoms with van der Waals surface area (Å²) in [5.41, 5.74) is 1.20. The minimum atomic E-state index is -0.602. The van der Waals surface area contributed by atoms with Crippen LogP contribution in [0.15, 0.2) is 55.1 Å². The molecule has 184 valence electrons. The predicted molar refractivity (Wildman–Crippen MR) is 128 cm³/mol. The number of nitrogens with one attached hydrogen (secondary N) is 1. The van der Waals surface area contributed by atoms with Crippen molar-refractivity contribution in [1.82, 2.24) is 5.32 Å². The van der Waals surface area contributed by atoms with Crippen molar-refractivity contribution in [3.8, 4) is 0 Å². The van der Waals surface area contributed by atoms with Gasteiger partial charge in [0.25, 0.3) is 0 Å². The van der Waals surface area contributed by atoms with Crippen LogP contribution in [0.25, 0.3) is 0 Å². The molecule has 1 aromatic rings. The van der Waals surface area contributed by atoms with Gasteiger partial charge in [0.05, 0.1) is 31.5 Å². The molecule has 1 aliphatic carbocycles. The first-order chi connectivity index (χ1) is 15.8. The highest BCUT2D eigenvalue weighted by atomic mass is 16.3. The lowest BCUT2D eigenvalue weighted by molar-refractivity contribution is -0.122. The summed E-state index contributed by atoms with van der Waals surface area (Å²) in [7, 11) is 0. The van der Waals surface area contributed by atoms with E-state index in [1.54, 1.807) is 18.2 Å². The number of hydrogen-bond acceptors (Lipinski definition) is 6. The molecule has 0 unspecified atom stereocenters. The first-order valence-electron chi connectivity index (χ1n) is 11.5. The zero-order valence-electron chi connectivity index (χ0n) is 19.5. The topological polar surface area (TPSA) is 127 Å². The van der Waals surface area contributed by atoms with E-state index in [-0.39, 0.29) is 43.2 Å². The molecule has 1 fully saturated rings. The molecule has 1 amide bonds. The number of aryl methyl sites for hydroxylation is 1. The number of benzene rings is 1. The minimum Gasteiger partial charge on any atom is -0.394 e. The van der Waals surface area contributed by atoms with Gasteiger partial charge in [-0.2, -0.15) is 0 Å². The van der Waals surface area contributed by atoms with E-state index in [2.05, 4.69) is 11.9 Å². The second-order valence-corrected chi connectivity index (χ2v) is 8.39. The third-order valence-electron chi connectivity index (χ3n) is 5.68. The molecule has 0 saturated heterocycles. The Labute approximate surface area is 196 Å². The summed E-state index contributed by atoms with van der Waals surface area (Å²) in [6, 6.07) is 9.49. The summed E-state index contributed by atoms with van der Waals surface area (Å²) in [6.45, 7) is 4.91. The number of aliphatic hydroxyl groups is 4. The molecule has 0 heterocycles. The summed E-state index contributed by atoms with van der Waals surface area (Å²) >= 11 is 0. The Morgan fingerprint density at radius 3 is 2.45 bits per heavy atom. The number of Topliss-reactive ketones (excluding diaryl/α,β-unsaturated/α-hetero) is 1. The van der Waals surface area contributed by atoms with Crippen molar-refractivity contribution in [2.24, 2.45) is 11.8 Å². The Bertz CT molecular complexity index is 732. The molecule has 7 nitrogen and oxygen atoms in total. The monoisotopic (exact) mass is 461 g/mol. The van der Waals surface area contributed by atoms with Gasteiger partial charge in [0.15, 0.2) is 0 Å². The zero-order valence-corrected chi connectivity index (χ0v) is 19.5. The molecule has 1 aromatic carbocycles. The maximum absolute atomic E-state index is 11.5. The Morgan fingerprint density at radius 1 is 1.24 bits per heavy atom. The van der Waals surface area contributed by atoms with Gasteiger partial charge in [0, 0.05) is 24.7 Å². The molecule has 0 spiro atoms. The quantitative estimate of drug-likeness (QED) is 0.239. The number of carbonyl (C=O) groups excluding carboxylic acids is 2. The average Bonchev–Trinajstić information content (AvgIpc) is 3.06. The first kappa shape index (κ1) is 28.7. The van der Waals surface area contributed by atoms with Crippen molar-refractivity contribution in [3.63, 3.8) is 0 Å². The van der Waals surface area contributed by atoms with Crippen LogP contribution in [0, 0.1) is 11.8 Å². The molecule has 33 heavy (non-hydrogen) atoms. The van der Waals surface area contributed by atoms with Crippen LogP contribution in [0.3, 0.4) is 0 Å². The molecule has 0 radical (unpaired) electrons. The van der Waals surface area contributed by atoms with Crippen molar-refractivity contribution >= 4 is 11.7 Å². The summed E-state index contributed by atoms with van der Waals surface area (Å²) in [6.07, 6.45) is 7.78. The fourth-order valence-electron chi connectivity index (χ4n) is 3.54. The molecule has 5 N–H and O–H groups in total. The molecule has 7 heteroatoms. The second kappa shape index (κ2) is 16.3. The molecule has 4 atom stereocenters. The maximum atomic E-state index is 11.5. The summed E-state index contributed by atoms with van der Waals surface area (Å²) in [5, 5.41) is 39.6. The number of ketones is 1. The third kappa shape index (κ3) is 11.4. The molecule has 2 rings (SSSR count). The lowest BCUT2D eigenvalue weighted by Gasteiger charge is -2.14. The van der Waals surface area contributed by atoms with Gasteiger partial charge in [0.2, 0.25) is 5.91 Å². The van der Waals surface area contributed by atoms with Gasteiger partial charge in [-0.1, -0.05) is 55.5 Å². The summed E-state index contributed by atoms with van der Waals surface area (Å²) in [4.78, 5) is 22.6. The fourth-order valence-corrected chi connectivity index (χ4v) is 3.54. The largest absolute Gasteiger partial charge is 0.394 e. The Hall–Kier alpha value is -2.32. The highest BCUT2D eigenvalue weighted by Gasteiger charge is 2.36. The van der Waals surface area contributed by atoms with E-state index in [4.69, 9.17) is 10.2 Å². The van der Waals surface area contributed by atoms with Gasteiger partial charge in [-0.05, 0) is 31.2 Å². The average molecular weight is 462 g/mol. The maximum Gasteiger partial charge on any atom is 0.220 e. The van der Waals surface area contributed by atoms with Crippen molar-refractivity contribution in [2.75, 3.05) is 13.2 Å². The van der Waals surface area contributed by atoms with Crippen LogP contribution >= 0.6 is 0 Å². The molecule has 0 aromatic heterocycles. The smallest absolute Gasteiger partial charge is 0.220 e. The highest BCUT2D eigenvalue weighted by molar-refractivity contribution is 5.84. The van der Waals surface area contributed by atoms with E-state index in [0.717, 1.165) is 19.3 Å². The molecular weight excluding hydrogens is 422 g/mol. The number of amides is 1. The van der Waals surface area contributed by atoms with E-state index in [9.17, 15) is 19.8 Å². The van der Waals surface area contributed by atoms with Crippen LogP contribution in [-0.4, -0.2) is 63.6 Å². The number of hydrogen-bond donors (Lipinski definition) is 5. The highest BCUT2D eigenvalue weighted by Crippen LogP contribution is 2.30. The van der Waals surface area contributed by atoms with E-state index >= 15 is 0 Å². The van der Waals surface area contributed by atoms with Gasteiger partial charge >= 0.3 is 0 Å². The number of allylic oxidation sites excluding steroid dienone is 1. The number of aliphatic hydroxyl groups excluding tert-OH is 4. The van der Waals surface area contributed by atoms with E-state index in [0.29, 0.717) is 12.8 Å². The SMILES string of the molecule is C=CCCCC(=O)NC(CO)CO.C[C@H]1C(=O)C[C@@H](O)[C@@H]1/C=C/[C@@H](O)CCc1ccccc1. The minimum absolute atomic E-state index is 0.103. The van der Waals surface area contributed by atoms with Crippen molar-refractivity contribution in [1.29, 1.82) is 0 Å². The van der Waals surface area contributed by atoms with Gasteiger partial charge < -0.3 is 25.7 Å². The first-order valence-corrected chi connectivity index (χ1v) is 11.5. The lowest BCUT2D eigenvalue weighted by Crippen LogP contribution is -2.39. The van der Waals surface area contributed by atoms with Crippen molar-refractivity contribution in [2.45, 2.75) is 63.7 Å². The third-order valence-corrected chi connectivity index (χ3v) is 5.68. The van der Waals surface area contributed by atoms with Crippen LogP contribution in [0.1, 0.15) is 44.6 Å². The molecule has 1 aliphatic rings. The van der Waals surface area contributed by atoms with Crippen LogP contribution in [-0.2, 0) is 16.0 Å². The number of unbranched alkanes of at least 4 members (excludes halogenated alkanes) is 1. The Kier molecular flexibility index (Phi) is 14.2. The molecule has 0 bridgehead atoms. The van der Waals surface area contributed by atoms with Crippen LogP contribution in [0.2, 0.25) is 0 Å². The van der Waals surface area contributed by atoms with Gasteiger partial charge in [0.1, 0.15) is 5.78 Å². The normalized spacial score (nSPS) is 21.0. The van der Waals surface area contributed by atoms with Crippen molar-refractivity contribution < 1.29 is 30.0 Å². The van der Waals surface area contributed by atoms with E-state index in [1.807, 2.05) is 37.3 Å². The Balaban J connectivity index is 0.000000366. The van der Waals surface area contributed by atoms with Gasteiger partial charge in [-0.15, -0.1) is 6.58 Å². The molecule has 0 aliphatic heterocycles.